The lowest BCUT2D eigenvalue weighted by Gasteiger charge is -2.22. The molecular formula is C18H22FN3O. The molecule has 4 nitrogen and oxygen atoms in total. The monoisotopic (exact) mass is 315 g/mol. The van der Waals surface area contributed by atoms with Gasteiger partial charge in [0.1, 0.15) is 5.82 Å². The molecule has 2 aromatic carbocycles. The number of carbonyl (C=O) groups is 1. The van der Waals surface area contributed by atoms with E-state index in [1.54, 1.807) is 0 Å². The van der Waals surface area contributed by atoms with Crippen LogP contribution in [0.15, 0.2) is 42.5 Å². The van der Waals surface area contributed by atoms with E-state index in [4.69, 9.17) is 0 Å². The second-order valence-corrected chi connectivity index (χ2v) is 5.26. The molecule has 0 aliphatic rings. The number of carbonyl (C=O) groups excluding carboxylic acids is 1. The van der Waals surface area contributed by atoms with Crippen molar-refractivity contribution in [2.75, 3.05) is 28.6 Å². The third-order valence-electron chi connectivity index (χ3n) is 3.69. The molecule has 2 rings (SSSR count). The molecule has 0 heterocycles. The molecule has 0 fully saturated rings. The molecule has 0 atom stereocenters. The van der Waals surface area contributed by atoms with Gasteiger partial charge in [-0.25, -0.2) is 9.18 Å². The van der Waals surface area contributed by atoms with Gasteiger partial charge in [-0.15, -0.1) is 0 Å². The number of urea groups is 1. The van der Waals surface area contributed by atoms with Gasteiger partial charge in [0.25, 0.3) is 0 Å². The zero-order valence-electron chi connectivity index (χ0n) is 13.7. The summed E-state index contributed by atoms with van der Waals surface area (Å²) < 4.78 is 12.9. The standard InChI is InChI=1S/C18H22FN3O/c1-4-22(5-2)16-10-11-17(13(3)12-16)21-18(23)20-15-8-6-14(19)7-9-15/h6-12H,4-5H2,1-3H3,(H2,20,21,23). The van der Waals surface area contributed by atoms with Crippen LogP contribution in [0.3, 0.4) is 0 Å². The summed E-state index contributed by atoms with van der Waals surface area (Å²) in [6.07, 6.45) is 0. The molecule has 2 N–H and O–H groups in total. The largest absolute Gasteiger partial charge is 0.372 e. The lowest BCUT2D eigenvalue weighted by atomic mass is 10.1. The van der Waals surface area contributed by atoms with E-state index in [2.05, 4.69) is 35.4 Å². The third-order valence-corrected chi connectivity index (χ3v) is 3.69. The minimum absolute atomic E-state index is 0.334. The van der Waals surface area contributed by atoms with E-state index in [1.807, 2.05) is 19.1 Å². The molecule has 5 heteroatoms. The SMILES string of the molecule is CCN(CC)c1ccc(NC(=O)Nc2ccc(F)cc2)c(C)c1. The van der Waals surface area contributed by atoms with Crippen LogP contribution in [0.1, 0.15) is 19.4 Å². The lowest BCUT2D eigenvalue weighted by Crippen LogP contribution is -2.22. The first-order valence-electron chi connectivity index (χ1n) is 7.72. The van der Waals surface area contributed by atoms with E-state index in [1.165, 1.54) is 24.3 Å². The number of aryl methyl sites for hydroxylation is 1. The van der Waals surface area contributed by atoms with Gasteiger partial charge in [0.15, 0.2) is 0 Å². The summed E-state index contributed by atoms with van der Waals surface area (Å²) >= 11 is 0. The Morgan fingerprint density at radius 3 is 2.26 bits per heavy atom. The quantitative estimate of drug-likeness (QED) is 0.845. The Morgan fingerprint density at radius 2 is 1.70 bits per heavy atom. The van der Waals surface area contributed by atoms with Crippen molar-refractivity contribution < 1.29 is 9.18 Å². The number of nitrogens with one attached hydrogen (secondary N) is 2. The number of rotatable bonds is 5. The lowest BCUT2D eigenvalue weighted by molar-refractivity contribution is 0.262. The van der Waals surface area contributed by atoms with Crippen molar-refractivity contribution in [2.24, 2.45) is 0 Å². The van der Waals surface area contributed by atoms with Crippen LogP contribution in [0.4, 0.5) is 26.2 Å². The van der Waals surface area contributed by atoms with Gasteiger partial charge in [-0.1, -0.05) is 0 Å². The Hall–Kier alpha value is -2.56. The van der Waals surface area contributed by atoms with Gasteiger partial charge < -0.3 is 15.5 Å². The van der Waals surface area contributed by atoms with E-state index in [9.17, 15) is 9.18 Å². The Morgan fingerprint density at radius 1 is 1.04 bits per heavy atom. The Labute approximate surface area is 136 Å². The highest BCUT2D eigenvalue weighted by atomic mass is 19.1. The summed E-state index contributed by atoms with van der Waals surface area (Å²) in [6, 6.07) is 11.2. The normalized spacial score (nSPS) is 10.3. The Balaban J connectivity index is 2.04. The molecule has 0 saturated carbocycles. The van der Waals surface area contributed by atoms with E-state index in [0.717, 1.165) is 30.0 Å². The highest BCUT2D eigenvalue weighted by molar-refractivity contribution is 6.00. The van der Waals surface area contributed by atoms with Gasteiger partial charge in [0.2, 0.25) is 0 Å². The average molecular weight is 315 g/mol. The molecular weight excluding hydrogens is 293 g/mol. The Bertz CT molecular complexity index is 666. The van der Waals surface area contributed by atoms with Crippen LogP contribution in [-0.2, 0) is 0 Å². The summed E-state index contributed by atoms with van der Waals surface area (Å²) in [4.78, 5) is 14.3. The molecule has 23 heavy (non-hydrogen) atoms. The van der Waals surface area contributed by atoms with E-state index >= 15 is 0 Å². The van der Waals surface area contributed by atoms with Crippen LogP contribution < -0.4 is 15.5 Å². The molecule has 0 aromatic heterocycles. The maximum atomic E-state index is 12.9. The van der Waals surface area contributed by atoms with Crippen LogP contribution in [0, 0.1) is 12.7 Å². The number of nitrogens with zero attached hydrogens (tertiary/aromatic N) is 1. The van der Waals surface area contributed by atoms with Crippen LogP contribution in [0.5, 0.6) is 0 Å². The molecule has 0 aliphatic heterocycles. The van der Waals surface area contributed by atoms with Crippen molar-refractivity contribution in [3.05, 3.63) is 53.8 Å². The molecule has 122 valence electrons. The fourth-order valence-corrected chi connectivity index (χ4v) is 2.39. The first kappa shape index (κ1) is 16.8. The zero-order valence-corrected chi connectivity index (χ0v) is 13.7. The summed E-state index contributed by atoms with van der Waals surface area (Å²) in [5.74, 6) is -0.334. The number of benzene rings is 2. The molecule has 0 unspecified atom stereocenters. The van der Waals surface area contributed by atoms with Gasteiger partial charge in [-0.3, -0.25) is 0 Å². The zero-order chi connectivity index (χ0) is 16.8. The molecule has 2 amide bonds. The van der Waals surface area contributed by atoms with E-state index < -0.39 is 0 Å². The smallest absolute Gasteiger partial charge is 0.323 e. The van der Waals surface area contributed by atoms with Crippen LogP contribution in [0.25, 0.3) is 0 Å². The minimum atomic E-state index is -0.352. The molecule has 0 aliphatic carbocycles. The van der Waals surface area contributed by atoms with Gasteiger partial charge in [0, 0.05) is 30.2 Å². The molecule has 2 aromatic rings. The van der Waals surface area contributed by atoms with Crippen molar-refractivity contribution in [1.82, 2.24) is 0 Å². The summed E-state index contributed by atoms with van der Waals surface area (Å²) in [7, 11) is 0. The van der Waals surface area contributed by atoms with Crippen LogP contribution in [-0.4, -0.2) is 19.1 Å². The summed E-state index contributed by atoms with van der Waals surface area (Å²) in [5, 5.41) is 5.49. The first-order chi connectivity index (χ1) is 11.0. The molecule has 0 bridgehead atoms. The second kappa shape index (κ2) is 7.63. The van der Waals surface area contributed by atoms with Crippen molar-refractivity contribution >= 4 is 23.1 Å². The predicted octanol–water partition coefficient (Wildman–Crippen LogP) is 4.62. The van der Waals surface area contributed by atoms with Crippen molar-refractivity contribution in [3.63, 3.8) is 0 Å². The third kappa shape index (κ3) is 4.45. The van der Waals surface area contributed by atoms with Crippen molar-refractivity contribution in [3.8, 4) is 0 Å². The van der Waals surface area contributed by atoms with E-state index in [0.29, 0.717) is 5.69 Å². The number of anilines is 3. The van der Waals surface area contributed by atoms with Gasteiger partial charge in [-0.05, 0) is 68.8 Å². The van der Waals surface area contributed by atoms with Gasteiger partial charge in [-0.2, -0.15) is 0 Å². The average Bonchev–Trinajstić information content (AvgIpc) is 2.53. The summed E-state index contributed by atoms with van der Waals surface area (Å²) in [5.41, 5.74) is 3.42. The highest BCUT2D eigenvalue weighted by Crippen LogP contribution is 2.23. The first-order valence-corrected chi connectivity index (χ1v) is 7.72. The number of amides is 2. The number of hydrogen-bond acceptors (Lipinski definition) is 2. The number of hydrogen-bond donors (Lipinski definition) is 2. The fraction of sp³-hybridized carbons (Fsp3) is 0.278. The maximum Gasteiger partial charge on any atom is 0.323 e. The fourth-order valence-electron chi connectivity index (χ4n) is 2.39. The van der Waals surface area contributed by atoms with Crippen molar-refractivity contribution in [2.45, 2.75) is 20.8 Å². The predicted molar refractivity (Wildman–Crippen MR) is 93.8 cm³/mol. The summed E-state index contributed by atoms with van der Waals surface area (Å²) in [6.45, 7) is 8.06. The number of halogens is 1. The van der Waals surface area contributed by atoms with Gasteiger partial charge in [0.05, 0.1) is 0 Å². The van der Waals surface area contributed by atoms with Crippen molar-refractivity contribution in [1.29, 1.82) is 0 Å². The highest BCUT2D eigenvalue weighted by Gasteiger charge is 2.08. The van der Waals surface area contributed by atoms with E-state index in [-0.39, 0.29) is 11.8 Å². The minimum Gasteiger partial charge on any atom is -0.372 e. The molecule has 0 radical (unpaired) electrons. The van der Waals surface area contributed by atoms with Gasteiger partial charge >= 0.3 is 6.03 Å². The maximum absolute atomic E-state index is 12.9. The second-order valence-electron chi connectivity index (χ2n) is 5.26. The topological polar surface area (TPSA) is 44.4 Å². The van der Waals surface area contributed by atoms with Crippen LogP contribution >= 0.6 is 0 Å². The molecule has 0 saturated heterocycles. The molecule has 0 spiro atoms. The Kier molecular flexibility index (Phi) is 5.57. The van der Waals surface area contributed by atoms with Crippen LogP contribution in [0.2, 0.25) is 0 Å².